The third-order valence-electron chi connectivity index (χ3n) is 4.32. The Kier molecular flexibility index (Phi) is 4.28. The van der Waals surface area contributed by atoms with Crippen LogP contribution in [0.2, 0.25) is 5.02 Å². The molecule has 0 aliphatic carbocycles. The molecule has 1 aliphatic rings. The van der Waals surface area contributed by atoms with E-state index >= 15 is 0 Å². The highest BCUT2D eigenvalue weighted by Gasteiger charge is 2.28. The van der Waals surface area contributed by atoms with Gasteiger partial charge in [0.1, 0.15) is 0 Å². The molecule has 4 rings (SSSR count). The number of nitrogens with zero attached hydrogens (tertiary/aromatic N) is 4. The molecule has 3 aromatic rings. The minimum Gasteiger partial charge on any atom is -0.339 e. The second-order valence-electron chi connectivity index (χ2n) is 6.04. The normalized spacial score (nSPS) is 18.1. The molecule has 3 heterocycles. The molecule has 0 saturated carbocycles. The van der Waals surface area contributed by atoms with Crippen LogP contribution < -0.4 is 0 Å². The third-order valence-corrected chi connectivity index (χ3v) is 4.57. The Morgan fingerprint density at radius 2 is 1.92 bits per heavy atom. The van der Waals surface area contributed by atoms with E-state index < -0.39 is 0 Å². The number of halogens is 1. The minimum absolute atomic E-state index is 0.292. The standard InChI is InChI=1S/C18H17ClN4O/c19-16-3-1-13(2-4-16)11-23-10-7-15(12-23)18-21-17(22-24-18)14-5-8-20-9-6-14/h1-6,8-9,15H,7,10-12H2. The minimum atomic E-state index is 0.292. The molecule has 0 spiro atoms. The number of pyridine rings is 1. The maximum Gasteiger partial charge on any atom is 0.231 e. The number of benzene rings is 1. The largest absolute Gasteiger partial charge is 0.339 e. The Labute approximate surface area is 145 Å². The van der Waals surface area contributed by atoms with Gasteiger partial charge < -0.3 is 4.52 Å². The van der Waals surface area contributed by atoms with E-state index in [2.05, 4.69) is 32.2 Å². The first kappa shape index (κ1) is 15.3. The number of aromatic nitrogens is 3. The molecule has 1 fully saturated rings. The lowest BCUT2D eigenvalue weighted by molar-refractivity contribution is 0.309. The molecule has 0 N–H and O–H groups in total. The average Bonchev–Trinajstić information content (AvgIpc) is 3.27. The number of hydrogen-bond acceptors (Lipinski definition) is 5. The lowest BCUT2D eigenvalue weighted by Gasteiger charge is -2.15. The van der Waals surface area contributed by atoms with Crippen molar-refractivity contribution in [2.45, 2.75) is 18.9 Å². The highest BCUT2D eigenvalue weighted by atomic mass is 35.5. The van der Waals surface area contributed by atoms with Crippen molar-refractivity contribution in [3.63, 3.8) is 0 Å². The summed E-state index contributed by atoms with van der Waals surface area (Å²) in [5.41, 5.74) is 2.19. The van der Waals surface area contributed by atoms with E-state index in [9.17, 15) is 0 Å². The molecular formula is C18H17ClN4O. The maximum atomic E-state index is 5.94. The molecule has 0 radical (unpaired) electrons. The summed E-state index contributed by atoms with van der Waals surface area (Å²) in [5.74, 6) is 1.64. The molecular weight excluding hydrogens is 324 g/mol. The lowest BCUT2D eigenvalue weighted by atomic mass is 10.1. The third kappa shape index (κ3) is 3.32. The van der Waals surface area contributed by atoms with Gasteiger partial charge in [0, 0.05) is 36.1 Å². The highest BCUT2D eigenvalue weighted by molar-refractivity contribution is 6.30. The molecule has 6 heteroatoms. The van der Waals surface area contributed by atoms with Crippen molar-refractivity contribution in [2.75, 3.05) is 13.1 Å². The van der Waals surface area contributed by atoms with Gasteiger partial charge in [0.25, 0.3) is 0 Å². The highest BCUT2D eigenvalue weighted by Crippen LogP contribution is 2.28. The fourth-order valence-electron chi connectivity index (χ4n) is 3.05. The summed E-state index contributed by atoms with van der Waals surface area (Å²) in [6, 6.07) is 11.8. The van der Waals surface area contributed by atoms with Crippen molar-refractivity contribution in [2.24, 2.45) is 0 Å². The Morgan fingerprint density at radius 3 is 2.71 bits per heavy atom. The first-order valence-electron chi connectivity index (χ1n) is 7.99. The Morgan fingerprint density at radius 1 is 1.12 bits per heavy atom. The van der Waals surface area contributed by atoms with Crippen LogP contribution in [-0.4, -0.2) is 33.1 Å². The van der Waals surface area contributed by atoms with Crippen LogP contribution in [0.4, 0.5) is 0 Å². The SMILES string of the molecule is Clc1ccc(CN2CCC(c3nc(-c4ccncc4)no3)C2)cc1. The maximum absolute atomic E-state index is 5.94. The molecule has 122 valence electrons. The molecule has 1 atom stereocenters. The Hall–Kier alpha value is -2.24. The predicted octanol–water partition coefficient (Wildman–Crippen LogP) is 3.77. The van der Waals surface area contributed by atoms with E-state index in [1.165, 1.54) is 5.56 Å². The summed E-state index contributed by atoms with van der Waals surface area (Å²) in [7, 11) is 0. The fourth-order valence-corrected chi connectivity index (χ4v) is 3.17. The van der Waals surface area contributed by atoms with Crippen LogP contribution in [0.5, 0.6) is 0 Å². The Balaban J connectivity index is 1.42. The van der Waals surface area contributed by atoms with Gasteiger partial charge in [-0.3, -0.25) is 9.88 Å². The van der Waals surface area contributed by atoms with Crippen molar-refractivity contribution in [3.05, 3.63) is 65.3 Å². The molecule has 0 bridgehead atoms. The molecule has 5 nitrogen and oxygen atoms in total. The van der Waals surface area contributed by atoms with Crippen LogP contribution >= 0.6 is 11.6 Å². The van der Waals surface area contributed by atoms with Crippen LogP contribution in [0.1, 0.15) is 23.8 Å². The first-order valence-corrected chi connectivity index (χ1v) is 8.36. The van der Waals surface area contributed by atoms with Crippen LogP contribution in [0.15, 0.2) is 53.3 Å². The summed E-state index contributed by atoms with van der Waals surface area (Å²) in [4.78, 5) is 11.0. The number of hydrogen-bond donors (Lipinski definition) is 0. The molecule has 1 saturated heterocycles. The van der Waals surface area contributed by atoms with Crippen molar-refractivity contribution in [1.82, 2.24) is 20.0 Å². The zero-order valence-electron chi connectivity index (χ0n) is 13.1. The van der Waals surface area contributed by atoms with E-state index in [-0.39, 0.29) is 0 Å². The van der Waals surface area contributed by atoms with Gasteiger partial charge in [-0.25, -0.2) is 0 Å². The summed E-state index contributed by atoms with van der Waals surface area (Å²) in [6.07, 6.45) is 4.50. The van der Waals surface area contributed by atoms with E-state index in [1.54, 1.807) is 12.4 Å². The number of likely N-dealkylation sites (tertiary alicyclic amines) is 1. The smallest absolute Gasteiger partial charge is 0.231 e. The van der Waals surface area contributed by atoms with Crippen LogP contribution in [0.25, 0.3) is 11.4 Å². The summed E-state index contributed by atoms with van der Waals surface area (Å²) in [5, 5.41) is 4.87. The molecule has 24 heavy (non-hydrogen) atoms. The van der Waals surface area contributed by atoms with Gasteiger partial charge in [0.05, 0.1) is 5.92 Å². The predicted molar refractivity (Wildman–Crippen MR) is 91.6 cm³/mol. The van der Waals surface area contributed by atoms with Gasteiger partial charge >= 0.3 is 0 Å². The van der Waals surface area contributed by atoms with Crippen molar-refractivity contribution >= 4 is 11.6 Å². The van der Waals surface area contributed by atoms with Gasteiger partial charge in [-0.15, -0.1) is 0 Å². The van der Waals surface area contributed by atoms with Crippen LogP contribution in [0.3, 0.4) is 0 Å². The van der Waals surface area contributed by atoms with Crippen molar-refractivity contribution in [3.8, 4) is 11.4 Å². The van der Waals surface area contributed by atoms with Gasteiger partial charge in [-0.1, -0.05) is 28.9 Å². The number of rotatable bonds is 4. The summed E-state index contributed by atoms with van der Waals surface area (Å²) < 4.78 is 5.49. The van der Waals surface area contributed by atoms with Crippen LogP contribution in [-0.2, 0) is 6.54 Å². The molecule has 2 aromatic heterocycles. The van der Waals surface area contributed by atoms with Gasteiger partial charge in [-0.2, -0.15) is 4.98 Å². The van der Waals surface area contributed by atoms with E-state index in [0.717, 1.165) is 42.5 Å². The van der Waals surface area contributed by atoms with Gasteiger partial charge in [0.2, 0.25) is 11.7 Å². The van der Waals surface area contributed by atoms with Crippen LogP contribution in [0, 0.1) is 0 Å². The molecule has 1 unspecified atom stereocenters. The van der Waals surface area contributed by atoms with E-state index in [4.69, 9.17) is 16.1 Å². The monoisotopic (exact) mass is 340 g/mol. The summed E-state index contributed by atoms with van der Waals surface area (Å²) in [6.45, 7) is 2.87. The zero-order chi connectivity index (χ0) is 16.4. The van der Waals surface area contributed by atoms with Crippen molar-refractivity contribution < 1.29 is 4.52 Å². The fraction of sp³-hybridized carbons (Fsp3) is 0.278. The van der Waals surface area contributed by atoms with E-state index in [1.807, 2.05) is 24.3 Å². The first-order chi connectivity index (χ1) is 11.8. The quantitative estimate of drug-likeness (QED) is 0.723. The second-order valence-corrected chi connectivity index (χ2v) is 6.48. The Bertz CT molecular complexity index is 803. The van der Waals surface area contributed by atoms with E-state index in [0.29, 0.717) is 11.7 Å². The van der Waals surface area contributed by atoms with Crippen molar-refractivity contribution in [1.29, 1.82) is 0 Å². The average molecular weight is 341 g/mol. The summed E-state index contributed by atoms with van der Waals surface area (Å²) >= 11 is 5.94. The molecule has 0 amide bonds. The zero-order valence-corrected chi connectivity index (χ0v) is 13.9. The van der Waals surface area contributed by atoms with Gasteiger partial charge in [-0.05, 0) is 42.8 Å². The topological polar surface area (TPSA) is 55.1 Å². The molecule has 1 aliphatic heterocycles. The van der Waals surface area contributed by atoms with Gasteiger partial charge in [0.15, 0.2) is 0 Å². The second kappa shape index (κ2) is 6.71. The molecule has 1 aromatic carbocycles. The lowest BCUT2D eigenvalue weighted by Crippen LogP contribution is -2.19.